The Morgan fingerprint density at radius 2 is 2.00 bits per heavy atom. The lowest BCUT2D eigenvalue weighted by molar-refractivity contribution is 0.00989. The predicted molar refractivity (Wildman–Crippen MR) is 116 cm³/mol. The largest absolute Gasteiger partial charge is 0.385 e. The quantitative estimate of drug-likeness (QED) is 0.270. The zero-order chi connectivity index (χ0) is 19.0. The number of halogens is 1. The van der Waals surface area contributed by atoms with Crippen LogP contribution in [0.15, 0.2) is 9.52 Å². The van der Waals surface area contributed by atoms with Gasteiger partial charge < -0.3 is 24.2 Å². The summed E-state index contributed by atoms with van der Waals surface area (Å²) in [6.07, 6.45) is 3.28. The van der Waals surface area contributed by atoms with Gasteiger partial charge in [-0.2, -0.15) is 4.98 Å². The van der Waals surface area contributed by atoms with Gasteiger partial charge in [0.2, 0.25) is 5.89 Å². The standard InChI is InChI=1S/C18H33N5O3.HI/c1-18(2,3)16-21-15(22-26-16)13-20-17(19-4)23-9-7-14(8-10-23)25-12-6-11-24-5;/h14H,6-13H2,1-5H3,(H,19,20);1H. The van der Waals surface area contributed by atoms with Crippen LogP contribution in [0.3, 0.4) is 0 Å². The van der Waals surface area contributed by atoms with E-state index in [4.69, 9.17) is 14.0 Å². The third-order valence-corrected chi connectivity index (χ3v) is 4.31. The number of ether oxygens (including phenoxy) is 2. The molecule has 156 valence electrons. The van der Waals surface area contributed by atoms with E-state index in [-0.39, 0.29) is 29.4 Å². The molecule has 0 saturated carbocycles. The Morgan fingerprint density at radius 3 is 2.56 bits per heavy atom. The van der Waals surface area contributed by atoms with Crippen molar-refractivity contribution in [3.63, 3.8) is 0 Å². The van der Waals surface area contributed by atoms with Crippen LogP contribution in [0.5, 0.6) is 0 Å². The monoisotopic (exact) mass is 495 g/mol. The fraction of sp³-hybridized carbons (Fsp3) is 0.833. The van der Waals surface area contributed by atoms with E-state index in [2.05, 4.69) is 46.1 Å². The average molecular weight is 495 g/mol. The Hall–Kier alpha value is -0.940. The zero-order valence-corrected chi connectivity index (χ0v) is 19.5. The van der Waals surface area contributed by atoms with Gasteiger partial charge in [-0.3, -0.25) is 4.99 Å². The number of nitrogens with one attached hydrogen (secondary N) is 1. The van der Waals surface area contributed by atoms with Crippen molar-refractivity contribution in [2.45, 2.75) is 58.1 Å². The summed E-state index contributed by atoms with van der Waals surface area (Å²) in [5.74, 6) is 2.16. The lowest BCUT2D eigenvalue weighted by Gasteiger charge is -2.34. The summed E-state index contributed by atoms with van der Waals surface area (Å²) in [5, 5.41) is 7.37. The highest BCUT2D eigenvalue weighted by atomic mass is 127. The van der Waals surface area contributed by atoms with Crippen LogP contribution >= 0.6 is 24.0 Å². The van der Waals surface area contributed by atoms with Crippen molar-refractivity contribution in [2.24, 2.45) is 4.99 Å². The van der Waals surface area contributed by atoms with Crippen LogP contribution < -0.4 is 5.32 Å². The van der Waals surface area contributed by atoms with E-state index in [1.807, 2.05) is 0 Å². The fourth-order valence-electron chi connectivity index (χ4n) is 2.81. The van der Waals surface area contributed by atoms with E-state index < -0.39 is 0 Å². The van der Waals surface area contributed by atoms with Crippen molar-refractivity contribution in [2.75, 3.05) is 40.5 Å². The Bertz CT molecular complexity index is 566. The predicted octanol–water partition coefficient (Wildman–Crippen LogP) is 2.58. The topological polar surface area (TPSA) is 85.0 Å². The normalized spacial score (nSPS) is 16.3. The summed E-state index contributed by atoms with van der Waals surface area (Å²) in [6, 6.07) is 0. The SMILES string of the molecule is CN=C(NCc1noc(C(C)(C)C)n1)N1CCC(OCCCOC)CC1.I. The maximum absolute atomic E-state index is 5.91. The van der Waals surface area contributed by atoms with Crippen molar-refractivity contribution in [3.05, 3.63) is 11.7 Å². The number of guanidine groups is 1. The van der Waals surface area contributed by atoms with Crippen LogP contribution in [0, 0.1) is 0 Å². The molecule has 0 radical (unpaired) electrons. The second-order valence-corrected chi connectivity index (χ2v) is 7.57. The summed E-state index contributed by atoms with van der Waals surface area (Å²) in [4.78, 5) is 11.1. The Morgan fingerprint density at radius 1 is 1.30 bits per heavy atom. The average Bonchev–Trinajstić information content (AvgIpc) is 3.10. The molecule has 0 unspecified atom stereocenters. The molecule has 1 aromatic rings. The first kappa shape index (κ1) is 24.1. The zero-order valence-electron chi connectivity index (χ0n) is 17.2. The molecule has 2 heterocycles. The van der Waals surface area contributed by atoms with Crippen LogP contribution in [0.1, 0.15) is 51.7 Å². The summed E-state index contributed by atoms with van der Waals surface area (Å²) >= 11 is 0. The molecule has 27 heavy (non-hydrogen) atoms. The highest BCUT2D eigenvalue weighted by Gasteiger charge is 2.23. The van der Waals surface area contributed by atoms with Crippen LogP contribution in [0.4, 0.5) is 0 Å². The lowest BCUT2D eigenvalue weighted by atomic mass is 9.97. The van der Waals surface area contributed by atoms with Crippen LogP contribution in [-0.2, 0) is 21.4 Å². The minimum Gasteiger partial charge on any atom is -0.385 e. The van der Waals surface area contributed by atoms with Gasteiger partial charge in [0.25, 0.3) is 0 Å². The molecule has 0 bridgehead atoms. The summed E-state index contributed by atoms with van der Waals surface area (Å²) in [6.45, 7) is 10.0. The molecule has 0 atom stereocenters. The smallest absolute Gasteiger partial charge is 0.232 e. The molecule has 1 N–H and O–H groups in total. The van der Waals surface area contributed by atoms with Gasteiger partial charge in [-0.15, -0.1) is 24.0 Å². The molecule has 0 aliphatic carbocycles. The van der Waals surface area contributed by atoms with Gasteiger partial charge in [0.05, 0.1) is 12.6 Å². The maximum atomic E-state index is 5.91. The number of likely N-dealkylation sites (tertiary alicyclic amines) is 1. The number of aliphatic imine (C=N–C) groups is 1. The van der Waals surface area contributed by atoms with Crippen molar-refractivity contribution in [1.82, 2.24) is 20.4 Å². The van der Waals surface area contributed by atoms with E-state index in [1.54, 1.807) is 14.2 Å². The fourth-order valence-corrected chi connectivity index (χ4v) is 2.81. The molecule has 1 aliphatic heterocycles. The van der Waals surface area contributed by atoms with Crippen LogP contribution in [0.2, 0.25) is 0 Å². The van der Waals surface area contributed by atoms with Gasteiger partial charge in [-0.1, -0.05) is 25.9 Å². The van der Waals surface area contributed by atoms with E-state index in [0.29, 0.717) is 24.4 Å². The molecule has 8 nitrogen and oxygen atoms in total. The number of piperidine rings is 1. The van der Waals surface area contributed by atoms with Crippen LogP contribution in [0.25, 0.3) is 0 Å². The summed E-state index contributed by atoms with van der Waals surface area (Å²) in [5.41, 5.74) is -0.141. The molecule has 0 amide bonds. The minimum atomic E-state index is -0.141. The van der Waals surface area contributed by atoms with Crippen molar-refractivity contribution in [1.29, 1.82) is 0 Å². The van der Waals surface area contributed by atoms with Crippen molar-refractivity contribution in [3.8, 4) is 0 Å². The second-order valence-electron chi connectivity index (χ2n) is 7.57. The van der Waals surface area contributed by atoms with Crippen molar-refractivity contribution < 1.29 is 14.0 Å². The van der Waals surface area contributed by atoms with E-state index in [1.165, 1.54) is 0 Å². The molecule has 1 saturated heterocycles. The molecular weight excluding hydrogens is 461 g/mol. The molecule has 0 aromatic carbocycles. The molecule has 2 rings (SSSR count). The number of hydrogen-bond acceptors (Lipinski definition) is 6. The molecule has 1 aliphatic rings. The minimum absolute atomic E-state index is 0. The third kappa shape index (κ3) is 7.90. The first-order valence-electron chi connectivity index (χ1n) is 9.33. The highest BCUT2D eigenvalue weighted by molar-refractivity contribution is 14.0. The van der Waals surface area contributed by atoms with Gasteiger partial charge in [0.1, 0.15) is 0 Å². The van der Waals surface area contributed by atoms with E-state index in [0.717, 1.165) is 51.5 Å². The van der Waals surface area contributed by atoms with E-state index >= 15 is 0 Å². The van der Waals surface area contributed by atoms with Crippen molar-refractivity contribution >= 4 is 29.9 Å². The number of methoxy groups -OCH3 is 1. The first-order chi connectivity index (χ1) is 12.4. The Labute approximate surface area is 179 Å². The Kier molecular flexibility index (Phi) is 10.5. The number of nitrogens with zero attached hydrogens (tertiary/aromatic N) is 4. The Balaban J connectivity index is 0.00000364. The summed E-state index contributed by atoms with van der Waals surface area (Å²) in [7, 11) is 3.52. The molecule has 1 fully saturated rings. The molecular formula is C18H34IN5O3. The maximum Gasteiger partial charge on any atom is 0.232 e. The second kappa shape index (κ2) is 11.8. The highest BCUT2D eigenvalue weighted by Crippen LogP contribution is 2.19. The number of aromatic nitrogens is 2. The number of hydrogen-bond donors (Lipinski definition) is 1. The van der Waals surface area contributed by atoms with E-state index in [9.17, 15) is 0 Å². The van der Waals surface area contributed by atoms with Gasteiger partial charge in [0, 0.05) is 45.9 Å². The van der Waals surface area contributed by atoms with Crippen LogP contribution in [-0.4, -0.2) is 67.6 Å². The van der Waals surface area contributed by atoms with Gasteiger partial charge in [0.15, 0.2) is 11.8 Å². The van der Waals surface area contributed by atoms with Gasteiger partial charge >= 0.3 is 0 Å². The third-order valence-electron chi connectivity index (χ3n) is 4.31. The van der Waals surface area contributed by atoms with Gasteiger partial charge in [-0.25, -0.2) is 0 Å². The molecule has 1 aromatic heterocycles. The van der Waals surface area contributed by atoms with Gasteiger partial charge in [-0.05, 0) is 19.3 Å². The number of rotatable bonds is 7. The summed E-state index contributed by atoms with van der Waals surface area (Å²) < 4.78 is 16.3. The molecule has 9 heteroatoms. The first-order valence-corrected chi connectivity index (χ1v) is 9.33. The molecule has 0 spiro atoms. The lowest BCUT2D eigenvalue weighted by Crippen LogP contribution is -2.46.